The number of hydrogen-bond acceptors (Lipinski definition) is 5. The molecule has 1 amide bonds. The van der Waals surface area contributed by atoms with Crippen molar-refractivity contribution in [2.24, 2.45) is 11.8 Å². The average molecular weight is 407 g/mol. The molecular formula is C23H25N3O4. The van der Waals surface area contributed by atoms with Crippen molar-refractivity contribution in [2.75, 3.05) is 20.2 Å². The second-order valence-electron chi connectivity index (χ2n) is 8.19. The third-order valence-electron chi connectivity index (χ3n) is 6.39. The maximum Gasteiger partial charge on any atom is 0.275 e. The molecule has 2 fully saturated rings. The van der Waals surface area contributed by atoms with Crippen LogP contribution in [0.2, 0.25) is 0 Å². The number of likely N-dealkylation sites (tertiary alicyclic amines) is 1. The van der Waals surface area contributed by atoms with E-state index in [1.54, 1.807) is 7.11 Å². The van der Waals surface area contributed by atoms with E-state index in [2.05, 4.69) is 10.2 Å². The first kappa shape index (κ1) is 18.9. The lowest BCUT2D eigenvalue weighted by Crippen LogP contribution is -2.42. The van der Waals surface area contributed by atoms with Crippen molar-refractivity contribution in [3.05, 3.63) is 54.2 Å². The van der Waals surface area contributed by atoms with Gasteiger partial charge in [-0.05, 0) is 42.9 Å². The van der Waals surface area contributed by atoms with Gasteiger partial charge >= 0.3 is 0 Å². The maximum atomic E-state index is 13.1. The van der Waals surface area contributed by atoms with Gasteiger partial charge in [-0.25, -0.2) is 0 Å². The van der Waals surface area contributed by atoms with Crippen LogP contribution in [0.5, 0.6) is 11.5 Å². The zero-order valence-electron chi connectivity index (χ0n) is 16.8. The number of para-hydroxylation sites is 3. The van der Waals surface area contributed by atoms with Crippen molar-refractivity contribution in [3.63, 3.8) is 0 Å². The van der Waals surface area contributed by atoms with Crippen LogP contribution in [0.3, 0.4) is 0 Å². The first-order valence-electron chi connectivity index (χ1n) is 10.3. The molecule has 1 aliphatic carbocycles. The molecule has 3 aromatic rings. The fourth-order valence-electron chi connectivity index (χ4n) is 4.84. The number of aromatic nitrogens is 2. The Labute approximate surface area is 174 Å². The number of carbonyl (C=O) groups is 1. The fraction of sp³-hybridized carbons (Fsp3) is 0.391. The molecule has 1 saturated heterocycles. The number of ether oxygens (including phenoxy) is 2. The molecule has 2 heterocycles. The quantitative estimate of drug-likeness (QED) is 0.694. The molecule has 156 valence electrons. The van der Waals surface area contributed by atoms with Crippen LogP contribution >= 0.6 is 0 Å². The van der Waals surface area contributed by atoms with Crippen LogP contribution in [-0.4, -0.2) is 58.5 Å². The Kier molecular flexibility index (Phi) is 4.83. The Hall–Kier alpha value is -3.06. The van der Waals surface area contributed by atoms with Gasteiger partial charge in [-0.3, -0.25) is 9.89 Å². The van der Waals surface area contributed by atoms with Gasteiger partial charge in [0.05, 0.1) is 18.7 Å². The Balaban J connectivity index is 1.30. The Bertz CT molecular complexity index is 1070. The van der Waals surface area contributed by atoms with Crippen LogP contribution in [0.1, 0.15) is 23.3 Å². The number of amides is 1. The van der Waals surface area contributed by atoms with Crippen LogP contribution < -0.4 is 9.47 Å². The Morgan fingerprint density at radius 3 is 2.57 bits per heavy atom. The Morgan fingerprint density at radius 2 is 1.77 bits per heavy atom. The van der Waals surface area contributed by atoms with E-state index in [9.17, 15) is 9.90 Å². The van der Waals surface area contributed by atoms with Crippen molar-refractivity contribution in [1.82, 2.24) is 15.1 Å². The van der Waals surface area contributed by atoms with Crippen molar-refractivity contribution >= 4 is 16.8 Å². The van der Waals surface area contributed by atoms with E-state index in [-0.39, 0.29) is 17.9 Å². The molecule has 1 saturated carbocycles. The topological polar surface area (TPSA) is 87.7 Å². The monoisotopic (exact) mass is 407 g/mol. The molecular weight excluding hydrogens is 382 g/mol. The van der Waals surface area contributed by atoms with Gasteiger partial charge in [-0.1, -0.05) is 30.3 Å². The van der Waals surface area contributed by atoms with Crippen molar-refractivity contribution in [3.8, 4) is 11.5 Å². The summed E-state index contributed by atoms with van der Waals surface area (Å²) in [6, 6.07) is 15.1. The predicted octanol–water partition coefficient (Wildman–Crippen LogP) is 2.86. The van der Waals surface area contributed by atoms with Gasteiger partial charge in [0.25, 0.3) is 5.91 Å². The van der Waals surface area contributed by atoms with Crippen LogP contribution in [-0.2, 0) is 0 Å². The maximum absolute atomic E-state index is 13.1. The third kappa shape index (κ3) is 3.29. The van der Waals surface area contributed by atoms with Gasteiger partial charge in [0.15, 0.2) is 17.2 Å². The summed E-state index contributed by atoms with van der Waals surface area (Å²) in [6.07, 6.45) is 0.436. The number of carbonyl (C=O) groups excluding carboxylic acids is 1. The first-order chi connectivity index (χ1) is 14.6. The highest BCUT2D eigenvalue weighted by molar-refractivity contribution is 6.04. The van der Waals surface area contributed by atoms with Crippen molar-refractivity contribution in [1.29, 1.82) is 0 Å². The van der Waals surface area contributed by atoms with E-state index in [0.717, 1.165) is 10.9 Å². The lowest BCUT2D eigenvalue weighted by atomic mass is 9.78. The van der Waals surface area contributed by atoms with Crippen molar-refractivity contribution in [2.45, 2.75) is 25.0 Å². The van der Waals surface area contributed by atoms with Gasteiger partial charge in [-0.15, -0.1) is 0 Å². The van der Waals surface area contributed by atoms with Crippen LogP contribution in [0.15, 0.2) is 48.5 Å². The lowest BCUT2D eigenvalue weighted by Gasteiger charge is -2.35. The molecule has 0 unspecified atom stereocenters. The molecule has 1 aliphatic heterocycles. The second kappa shape index (κ2) is 7.65. The summed E-state index contributed by atoms with van der Waals surface area (Å²) in [5.74, 6) is 1.80. The molecule has 0 spiro atoms. The molecule has 5 rings (SSSR count). The SMILES string of the molecule is COc1ccccc1O[C@@H]1C[C@@H]2CN(C(=O)c3n[nH]c4ccccc34)C[C@@H]2C[C@H]1O. The summed E-state index contributed by atoms with van der Waals surface area (Å²) in [6.45, 7) is 1.30. The number of nitrogens with zero attached hydrogens (tertiary/aromatic N) is 2. The minimum Gasteiger partial charge on any atom is -0.493 e. The normalized spacial score (nSPS) is 25.9. The summed E-state index contributed by atoms with van der Waals surface area (Å²) in [7, 11) is 1.61. The molecule has 0 bridgehead atoms. The number of benzene rings is 2. The van der Waals surface area contributed by atoms with E-state index in [1.807, 2.05) is 53.4 Å². The number of hydrogen-bond donors (Lipinski definition) is 2. The van der Waals surface area contributed by atoms with Crippen molar-refractivity contribution < 1.29 is 19.4 Å². The molecule has 7 heteroatoms. The highest BCUT2D eigenvalue weighted by Gasteiger charge is 2.44. The smallest absolute Gasteiger partial charge is 0.275 e. The summed E-state index contributed by atoms with van der Waals surface area (Å²) in [5.41, 5.74) is 1.32. The number of aromatic amines is 1. The number of aliphatic hydroxyl groups is 1. The number of fused-ring (bicyclic) bond motifs is 2. The second-order valence-corrected chi connectivity index (χ2v) is 8.19. The third-order valence-corrected chi connectivity index (χ3v) is 6.39. The van der Waals surface area contributed by atoms with Gasteiger partial charge in [0.2, 0.25) is 0 Å². The molecule has 7 nitrogen and oxygen atoms in total. The minimum atomic E-state index is -0.572. The highest BCUT2D eigenvalue weighted by Crippen LogP contribution is 2.39. The van der Waals surface area contributed by atoms with Gasteiger partial charge in [-0.2, -0.15) is 5.10 Å². The number of nitrogens with one attached hydrogen (secondary N) is 1. The minimum absolute atomic E-state index is 0.0569. The van der Waals surface area contributed by atoms with Crippen LogP contribution in [0.4, 0.5) is 0 Å². The highest BCUT2D eigenvalue weighted by atomic mass is 16.5. The van der Waals surface area contributed by atoms with Gasteiger partial charge in [0, 0.05) is 18.5 Å². The van der Waals surface area contributed by atoms with Gasteiger partial charge in [0.1, 0.15) is 6.10 Å². The number of rotatable bonds is 4. The molecule has 4 atom stereocenters. The molecule has 2 aromatic carbocycles. The summed E-state index contributed by atoms with van der Waals surface area (Å²) >= 11 is 0. The summed E-state index contributed by atoms with van der Waals surface area (Å²) < 4.78 is 11.5. The molecule has 2 aliphatic rings. The summed E-state index contributed by atoms with van der Waals surface area (Å²) in [5, 5.41) is 18.7. The Morgan fingerprint density at radius 1 is 1.07 bits per heavy atom. The first-order valence-corrected chi connectivity index (χ1v) is 10.3. The molecule has 2 N–H and O–H groups in total. The van der Waals surface area contributed by atoms with Crippen LogP contribution in [0.25, 0.3) is 10.9 Å². The molecule has 1 aromatic heterocycles. The molecule has 0 radical (unpaired) electrons. The van der Waals surface area contributed by atoms with E-state index < -0.39 is 6.10 Å². The fourth-order valence-corrected chi connectivity index (χ4v) is 4.84. The zero-order chi connectivity index (χ0) is 20.7. The van der Waals surface area contributed by atoms with E-state index in [4.69, 9.17) is 9.47 Å². The number of H-pyrrole nitrogens is 1. The lowest BCUT2D eigenvalue weighted by molar-refractivity contribution is -0.0240. The van der Waals surface area contributed by atoms with Gasteiger partial charge < -0.3 is 19.5 Å². The van der Waals surface area contributed by atoms with E-state index in [1.165, 1.54) is 0 Å². The standard InChI is InChI=1S/C23H25N3O4/c1-29-19-8-4-5-9-20(19)30-21-11-15-13-26(12-14(15)10-18(21)27)23(28)22-16-6-2-3-7-17(16)24-25-22/h2-9,14-15,18,21,27H,10-13H2,1H3,(H,24,25)/t14-,15+,18+,21+/m0/s1. The van der Waals surface area contributed by atoms with E-state index in [0.29, 0.717) is 49.0 Å². The predicted molar refractivity (Wildman–Crippen MR) is 112 cm³/mol. The number of aliphatic hydroxyl groups excluding tert-OH is 1. The average Bonchev–Trinajstić information content (AvgIpc) is 3.38. The summed E-state index contributed by atoms with van der Waals surface area (Å²) in [4.78, 5) is 15.0. The number of methoxy groups -OCH3 is 1. The largest absolute Gasteiger partial charge is 0.493 e. The van der Waals surface area contributed by atoms with E-state index >= 15 is 0 Å². The zero-order valence-corrected chi connectivity index (χ0v) is 16.8. The van der Waals surface area contributed by atoms with Crippen LogP contribution in [0, 0.1) is 11.8 Å². The molecule has 30 heavy (non-hydrogen) atoms.